The van der Waals surface area contributed by atoms with Gasteiger partial charge in [0.2, 0.25) is 0 Å². The van der Waals surface area contributed by atoms with Crippen molar-refractivity contribution in [2.75, 3.05) is 0 Å². The quantitative estimate of drug-likeness (QED) is 0.756. The Morgan fingerprint density at radius 2 is 1.50 bits per heavy atom. The van der Waals surface area contributed by atoms with Gasteiger partial charge in [0.1, 0.15) is 0 Å². The fourth-order valence-electron chi connectivity index (χ4n) is 1.81. The van der Waals surface area contributed by atoms with Crippen LogP contribution in [0.3, 0.4) is 0 Å². The molecule has 0 aromatic heterocycles. The van der Waals surface area contributed by atoms with Crippen molar-refractivity contribution in [2.45, 2.75) is 12.6 Å². The molecule has 2 rings (SSSR count). The highest BCUT2D eigenvalue weighted by molar-refractivity contribution is 5.33. The molecule has 0 bridgehead atoms. The molecular weight excluding hydrogens is 237 g/mol. The van der Waals surface area contributed by atoms with Crippen molar-refractivity contribution in [3.8, 4) is 0 Å². The van der Waals surface area contributed by atoms with Gasteiger partial charge in [0.15, 0.2) is 0 Å². The molecule has 0 fully saturated rings. The maximum absolute atomic E-state index is 12.2. The third-order valence-corrected chi connectivity index (χ3v) is 2.53. The van der Waals surface area contributed by atoms with Crippen LogP contribution in [-0.4, -0.2) is 6.18 Å². The standard InChI is InChI=1S/C15H12F3/c16-15(17,18)11-14-8-4-7-13(10-14)9-12-5-2-1-3-6-12/h1-8,10-11H,9H2. The van der Waals surface area contributed by atoms with Gasteiger partial charge in [-0.3, -0.25) is 0 Å². The van der Waals surface area contributed by atoms with Gasteiger partial charge in [0.05, 0.1) is 6.42 Å². The number of rotatable bonds is 3. The van der Waals surface area contributed by atoms with E-state index in [2.05, 4.69) is 0 Å². The molecule has 1 radical (unpaired) electrons. The lowest BCUT2D eigenvalue weighted by Crippen LogP contribution is -2.08. The van der Waals surface area contributed by atoms with E-state index in [-0.39, 0.29) is 5.56 Å². The molecule has 18 heavy (non-hydrogen) atoms. The van der Waals surface area contributed by atoms with Gasteiger partial charge >= 0.3 is 6.18 Å². The summed E-state index contributed by atoms with van der Waals surface area (Å²) in [5, 5.41) is 0. The molecule has 0 N–H and O–H groups in total. The zero-order valence-electron chi connectivity index (χ0n) is 9.61. The predicted octanol–water partition coefficient (Wildman–Crippen LogP) is 4.39. The summed E-state index contributed by atoms with van der Waals surface area (Å²) in [5.41, 5.74) is 2.15. The highest BCUT2D eigenvalue weighted by atomic mass is 19.4. The summed E-state index contributed by atoms with van der Waals surface area (Å²) < 4.78 is 36.7. The largest absolute Gasteiger partial charge is 0.396 e. The third-order valence-electron chi connectivity index (χ3n) is 2.53. The van der Waals surface area contributed by atoms with Gasteiger partial charge in [-0.2, -0.15) is 13.2 Å². The second-order valence-electron chi connectivity index (χ2n) is 4.09. The molecule has 0 atom stereocenters. The van der Waals surface area contributed by atoms with E-state index in [1.54, 1.807) is 12.1 Å². The molecule has 0 aliphatic heterocycles. The van der Waals surface area contributed by atoms with Crippen LogP contribution in [0, 0.1) is 6.42 Å². The van der Waals surface area contributed by atoms with E-state index in [0.717, 1.165) is 11.1 Å². The van der Waals surface area contributed by atoms with E-state index in [4.69, 9.17) is 0 Å². The summed E-state index contributed by atoms with van der Waals surface area (Å²) in [7, 11) is 0. The first-order valence-electron chi connectivity index (χ1n) is 5.58. The predicted molar refractivity (Wildman–Crippen MR) is 65.1 cm³/mol. The molecule has 3 heteroatoms. The molecule has 0 amide bonds. The van der Waals surface area contributed by atoms with Gasteiger partial charge in [-0.15, -0.1) is 0 Å². The van der Waals surface area contributed by atoms with Gasteiger partial charge in [0.25, 0.3) is 0 Å². The zero-order chi connectivity index (χ0) is 13.0. The molecule has 2 aromatic rings. The van der Waals surface area contributed by atoms with Crippen LogP contribution in [0.4, 0.5) is 13.2 Å². The lowest BCUT2D eigenvalue weighted by molar-refractivity contribution is -0.0927. The third kappa shape index (κ3) is 3.91. The summed E-state index contributed by atoms with van der Waals surface area (Å²) >= 11 is 0. The van der Waals surface area contributed by atoms with Gasteiger partial charge in [-0.1, -0.05) is 54.6 Å². The van der Waals surface area contributed by atoms with Gasteiger partial charge < -0.3 is 0 Å². The molecule has 0 saturated heterocycles. The van der Waals surface area contributed by atoms with Crippen LogP contribution in [0.5, 0.6) is 0 Å². The van der Waals surface area contributed by atoms with Crippen LogP contribution < -0.4 is 0 Å². The van der Waals surface area contributed by atoms with Gasteiger partial charge in [-0.05, 0) is 23.1 Å². The monoisotopic (exact) mass is 249 g/mol. The number of benzene rings is 2. The molecule has 0 nitrogen and oxygen atoms in total. The van der Waals surface area contributed by atoms with Crippen molar-refractivity contribution in [3.63, 3.8) is 0 Å². The van der Waals surface area contributed by atoms with Crippen molar-refractivity contribution in [2.24, 2.45) is 0 Å². The molecule has 93 valence electrons. The maximum Gasteiger partial charge on any atom is 0.396 e. The molecule has 0 aliphatic rings. The Balaban J connectivity index is 2.13. The first-order valence-corrected chi connectivity index (χ1v) is 5.58. The first kappa shape index (κ1) is 12.7. The lowest BCUT2D eigenvalue weighted by atomic mass is 10.0. The second kappa shape index (κ2) is 5.25. The van der Waals surface area contributed by atoms with Crippen molar-refractivity contribution in [3.05, 3.63) is 77.7 Å². The maximum atomic E-state index is 12.2. The average Bonchev–Trinajstić information content (AvgIpc) is 2.28. The highest BCUT2D eigenvalue weighted by Crippen LogP contribution is 2.24. The molecule has 0 saturated carbocycles. The van der Waals surface area contributed by atoms with Crippen molar-refractivity contribution < 1.29 is 13.2 Å². The van der Waals surface area contributed by atoms with Crippen LogP contribution in [-0.2, 0) is 6.42 Å². The van der Waals surface area contributed by atoms with Crippen molar-refractivity contribution in [1.29, 1.82) is 0 Å². The van der Waals surface area contributed by atoms with E-state index in [9.17, 15) is 13.2 Å². The molecule has 0 spiro atoms. The van der Waals surface area contributed by atoms with E-state index < -0.39 is 6.18 Å². The summed E-state index contributed by atoms with van der Waals surface area (Å²) in [4.78, 5) is 0. The summed E-state index contributed by atoms with van der Waals surface area (Å²) in [6, 6.07) is 16.2. The van der Waals surface area contributed by atoms with Gasteiger partial charge in [-0.25, -0.2) is 0 Å². The molecule has 2 aromatic carbocycles. The highest BCUT2D eigenvalue weighted by Gasteiger charge is 2.28. The number of hydrogen-bond donors (Lipinski definition) is 0. The molecule has 0 heterocycles. The van der Waals surface area contributed by atoms with E-state index in [0.29, 0.717) is 12.8 Å². The minimum atomic E-state index is -4.27. The Hall–Kier alpha value is -1.77. The topological polar surface area (TPSA) is 0 Å². The fourth-order valence-corrected chi connectivity index (χ4v) is 1.81. The first-order chi connectivity index (χ1) is 8.53. The summed E-state index contributed by atoms with van der Waals surface area (Å²) in [5.74, 6) is 0. The van der Waals surface area contributed by atoms with Crippen LogP contribution in [0.1, 0.15) is 16.7 Å². The summed E-state index contributed by atoms with van der Waals surface area (Å²) in [6.45, 7) is 0. The van der Waals surface area contributed by atoms with E-state index in [1.165, 1.54) is 6.07 Å². The number of alkyl halides is 3. The molecular formula is C15H12F3. The minimum absolute atomic E-state index is 0.191. The Labute approximate surface area is 104 Å². The van der Waals surface area contributed by atoms with Gasteiger partial charge in [0, 0.05) is 0 Å². The Bertz CT molecular complexity index is 501. The number of halogens is 3. The molecule has 0 unspecified atom stereocenters. The SMILES string of the molecule is FC(F)(F)[CH]c1cccc(Cc2ccccc2)c1. The van der Waals surface area contributed by atoms with Crippen molar-refractivity contribution >= 4 is 0 Å². The smallest absolute Gasteiger partial charge is 0.170 e. The second-order valence-corrected chi connectivity index (χ2v) is 4.09. The fraction of sp³-hybridized carbons (Fsp3) is 0.133. The Morgan fingerprint density at radius 1 is 0.833 bits per heavy atom. The zero-order valence-corrected chi connectivity index (χ0v) is 9.61. The van der Waals surface area contributed by atoms with Crippen LogP contribution in [0.25, 0.3) is 0 Å². The average molecular weight is 249 g/mol. The van der Waals surface area contributed by atoms with Crippen LogP contribution >= 0.6 is 0 Å². The number of hydrogen-bond acceptors (Lipinski definition) is 0. The Morgan fingerprint density at radius 3 is 2.17 bits per heavy atom. The lowest BCUT2D eigenvalue weighted by Gasteiger charge is -2.08. The van der Waals surface area contributed by atoms with E-state index in [1.807, 2.05) is 36.4 Å². The van der Waals surface area contributed by atoms with Crippen LogP contribution in [0.15, 0.2) is 54.6 Å². The minimum Gasteiger partial charge on any atom is -0.170 e. The van der Waals surface area contributed by atoms with Crippen molar-refractivity contribution in [1.82, 2.24) is 0 Å². The summed E-state index contributed by atoms with van der Waals surface area (Å²) in [6.07, 6.45) is -3.31. The molecule has 0 aliphatic carbocycles. The Kier molecular flexibility index (Phi) is 3.70. The van der Waals surface area contributed by atoms with Crippen LogP contribution in [0.2, 0.25) is 0 Å². The normalized spacial score (nSPS) is 11.5. The van der Waals surface area contributed by atoms with E-state index >= 15 is 0 Å².